The summed E-state index contributed by atoms with van der Waals surface area (Å²) in [6.45, 7) is 3.93. The van der Waals surface area contributed by atoms with Crippen LogP contribution in [-0.2, 0) is 6.54 Å². The molecule has 0 fully saturated rings. The maximum absolute atomic E-state index is 5.44. The minimum absolute atomic E-state index is 0.812. The van der Waals surface area contributed by atoms with Gasteiger partial charge in [0, 0.05) is 17.6 Å². The van der Waals surface area contributed by atoms with Crippen LogP contribution >= 0.6 is 11.3 Å². The Kier molecular flexibility index (Phi) is 4.93. The predicted molar refractivity (Wildman–Crippen MR) is 97.3 cm³/mol. The monoisotopic (exact) mass is 324 g/mol. The summed E-state index contributed by atoms with van der Waals surface area (Å²) in [6, 6.07) is 18.5. The molecule has 0 aliphatic heterocycles. The molecule has 3 nitrogen and oxygen atoms in total. The van der Waals surface area contributed by atoms with Gasteiger partial charge >= 0.3 is 0 Å². The minimum atomic E-state index is 0.812. The summed E-state index contributed by atoms with van der Waals surface area (Å²) in [5.41, 5.74) is 3.36. The smallest absolute Gasteiger partial charge is 0.129 e. The molecule has 3 aromatic rings. The first-order valence-electron chi connectivity index (χ1n) is 7.69. The molecular weight excluding hydrogens is 304 g/mol. The standard InChI is InChI=1S/C19H20N2OS/c1-3-21(16-9-5-4-6-10-16)13-15-14-23-19(20-15)17-11-7-8-12-18(17)22-2/h4-12,14H,3,13H2,1-2H3. The average molecular weight is 324 g/mol. The van der Waals surface area contributed by atoms with E-state index in [1.54, 1.807) is 18.4 Å². The predicted octanol–water partition coefficient (Wildman–Crippen LogP) is 4.85. The molecule has 118 valence electrons. The molecule has 0 atom stereocenters. The Labute approximate surface area is 141 Å². The van der Waals surface area contributed by atoms with Gasteiger partial charge in [-0.2, -0.15) is 0 Å². The summed E-state index contributed by atoms with van der Waals surface area (Å²) < 4.78 is 5.44. The van der Waals surface area contributed by atoms with Gasteiger partial charge in [-0.1, -0.05) is 30.3 Å². The van der Waals surface area contributed by atoms with Gasteiger partial charge in [0.05, 0.1) is 24.9 Å². The first-order valence-corrected chi connectivity index (χ1v) is 8.57. The minimum Gasteiger partial charge on any atom is -0.496 e. The van der Waals surface area contributed by atoms with E-state index in [-0.39, 0.29) is 0 Å². The van der Waals surface area contributed by atoms with Crippen molar-refractivity contribution >= 4 is 17.0 Å². The van der Waals surface area contributed by atoms with Crippen molar-refractivity contribution in [1.29, 1.82) is 0 Å². The van der Waals surface area contributed by atoms with E-state index in [9.17, 15) is 0 Å². The highest BCUT2D eigenvalue weighted by molar-refractivity contribution is 7.13. The summed E-state index contributed by atoms with van der Waals surface area (Å²) in [7, 11) is 1.70. The number of benzene rings is 2. The molecule has 0 aliphatic rings. The van der Waals surface area contributed by atoms with Crippen LogP contribution in [0.15, 0.2) is 60.0 Å². The fraction of sp³-hybridized carbons (Fsp3) is 0.211. The Morgan fingerprint density at radius 1 is 1.04 bits per heavy atom. The van der Waals surface area contributed by atoms with Crippen molar-refractivity contribution in [3.05, 3.63) is 65.7 Å². The number of aromatic nitrogens is 1. The van der Waals surface area contributed by atoms with Gasteiger partial charge in [-0.15, -0.1) is 11.3 Å². The molecule has 0 saturated heterocycles. The summed E-state index contributed by atoms with van der Waals surface area (Å²) in [5, 5.41) is 3.13. The molecule has 0 bridgehead atoms. The highest BCUT2D eigenvalue weighted by Gasteiger charge is 2.12. The number of anilines is 1. The highest BCUT2D eigenvalue weighted by Crippen LogP contribution is 2.32. The summed E-state index contributed by atoms with van der Waals surface area (Å²) in [4.78, 5) is 7.12. The lowest BCUT2D eigenvalue weighted by Crippen LogP contribution is -2.21. The van der Waals surface area contributed by atoms with Crippen LogP contribution in [0.4, 0.5) is 5.69 Å². The molecule has 1 heterocycles. The maximum Gasteiger partial charge on any atom is 0.129 e. The van der Waals surface area contributed by atoms with Crippen LogP contribution in [0, 0.1) is 0 Å². The Bertz CT molecular complexity index is 755. The van der Waals surface area contributed by atoms with Gasteiger partial charge < -0.3 is 9.64 Å². The number of hydrogen-bond donors (Lipinski definition) is 0. The lowest BCUT2D eigenvalue weighted by atomic mass is 10.2. The Morgan fingerprint density at radius 2 is 1.78 bits per heavy atom. The van der Waals surface area contributed by atoms with E-state index in [0.717, 1.165) is 35.1 Å². The van der Waals surface area contributed by atoms with E-state index in [1.165, 1.54) is 5.69 Å². The second kappa shape index (κ2) is 7.29. The Balaban J connectivity index is 1.82. The van der Waals surface area contributed by atoms with Crippen molar-refractivity contribution < 1.29 is 4.74 Å². The van der Waals surface area contributed by atoms with Crippen molar-refractivity contribution in [1.82, 2.24) is 4.98 Å². The lowest BCUT2D eigenvalue weighted by Gasteiger charge is -2.21. The van der Waals surface area contributed by atoms with Gasteiger partial charge in [0.1, 0.15) is 10.8 Å². The summed E-state index contributed by atoms with van der Waals surface area (Å²) in [6.07, 6.45) is 0. The summed E-state index contributed by atoms with van der Waals surface area (Å²) in [5.74, 6) is 0.865. The normalized spacial score (nSPS) is 10.5. The topological polar surface area (TPSA) is 25.4 Å². The zero-order valence-electron chi connectivity index (χ0n) is 13.4. The summed E-state index contributed by atoms with van der Waals surface area (Å²) >= 11 is 1.66. The Hall–Kier alpha value is -2.33. The van der Waals surface area contributed by atoms with E-state index in [2.05, 4.69) is 47.5 Å². The third-order valence-electron chi connectivity index (χ3n) is 3.75. The van der Waals surface area contributed by atoms with Gasteiger partial charge in [-0.3, -0.25) is 0 Å². The van der Waals surface area contributed by atoms with E-state index < -0.39 is 0 Å². The Morgan fingerprint density at radius 3 is 2.52 bits per heavy atom. The molecule has 0 aliphatic carbocycles. The second-order valence-electron chi connectivity index (χ2n) is 5.19. The molecule has 2 aromatic carbocycles. The molecule has 0 N–H and O–H groups in total. The van der Waals surface area contributed by atoms with Crippen LogP contribution in [0.2, 0.25) is 0 Å². The largest absolute Gasteiger partial charge is 0.496 e. The first kappa shape index (κ1) is 15.6. The molecule has 23 heavy (non-hydrogen) atoms. The zero-order valence-corrected chi connectivity index (χ0v) is 14.2. The molecule has 3 rings (SSSR count). The van der Waals surface area contributed by atoms with Crippen molar-refractivity contribution in [3.63, 3.8) is 0 Å². The molecule has 1 aromatic heterocycles. The molecule has 0 saturated carbocycles. The molecule has 0 amide bonds. The number of thiazole rings is 1. The number of para-hydroxylation sites is 2. The fourth-order valence-electron chi connectivity index (χ4n) is 2.54. The molecule has 0 unspecified atom stereocenters. The number of rotatable bonds is 6. The van der Waals surface area contributed by atoms with Gasteiger partial charge in [0.15, 0.2) is 0 Å². The highest BCUT2D eigenvalue weighted by atomic mass is 32.1. The number of ether oxygens (including phenoxy) is 1. The van der Waals surface area contributed by atoms with Crippen molar-refractivity contribution in [2.45, 2.75) is 13.5 Å². The SMILES string of the molecule is CCN(Cc1csc(-c2ccccc2OC)n1)c1ccccc1. The van der Waals surface area contributed by atoms with Gasteiger partial charge in [0.25, 0.3) is 0 Å². The quantitative estimate of drug-likeness (QED) is 0.648. The average Bonchev–Trinajstić information content (AvgIpc) is 3.09. The van der Waals surface area contributed by atoms with Gasteiger partial charge in [-0.25, -0.2) is 4.98 Å². The van der Waals surface area contributed by atoms with Crippen molar-refractivity contribution in [3.8, 4) is 16.3 Å². The van der Waals surface area contributed by atoms with Crippen LogP contribution in [0.25, 0.3) is 10.6 Å². The van der Waals surface area contributed by atoms with Crippen LogP contribution in [-0.4, -0.2) is 18.6 Å². The van der Waals surface area contributed by atoms with E-state index in [4.69, 9.17) is 9.72 Å². The van der Waals surface area contributed by atoms with Crippen molar-refractivity contribution in [2.75, 3.05) is 18.6 Å². The van der Waals surface area contributed by atoms with Gasteiger partial charge in [0.2, 0.25) is 0 Å². The van der Waals surface area contributed by atoms with Crippen LogP contribution in [0.1, 0.15) is 12.6 Å². The van der Waals surface area contributed by atoms with Crippen LogP contribution in [0.3, 0.4) is 0 Å². The molecule has 0 radical (unpaired) electrons. The molecular formula is C19H20N2OS. The second-order valence-corrected chi connectivity index (χ2v) is 6.05. The molecule has 0 spiro atoms. The molecule has 4 heteroatoms. The first-order chi connectivity index (χ1) is 11.3. The van der Waals surface area contributed by atoms with Crippen LogP contribution in [0.5, 0.6) is 5.75 Å². The number of methoxy groups -OCH3 is 1. The van der Waals surface area contributed by atoms with Gasteiger partial charge in [-0.05, 0) is 31.2 Å². The maximum atomic E-state index is 5.44. The van der Waals surface area contributed by atoms with E-state index >= 15 is 0 Å². The number of nitrogens with zero attached hydrogens (tertiary/aromatic N) is 2. The number of hydrogen-bond acceptors (Lipinski definition) is 4. The lowest BCUT2D eigenvalue weighted by molar-refractivity contribution is 0.416. The zero-order chi connectivity index (χ0) is 16.1. The van der Waals surface area contributed by atoms with Crippen molar-refractivity contribution in [2.24, 2.45) is 0 Å². The third kappa shape index (κ3) is 3.54. The fourth-order valence-corrected chi connectivity index (χ4v) is 3.39. The van der Waals surface area contributed by atoms with Crippen LogP contribution < -0.4 is 9.64 Å². The third-order valence-corrected chi connectivity index (χ3v) is 4.67. The van der Waals surface area contributed by atoms with E-state index in [0.29, 0.717) is 0 Å². The van der Waals surface area contributed by atoms with E-state index in [1.807, 2.05) is 24.3 Å².